The number of carbonyl (C=O) groups excluding carboxylic acids is 2. The highest BCUT2D eigenvalue weighted by Gasteiger charge is 2.39. The minimum atomic E-state index is -5.08. The van der Waals surface area contributed by atoms with Gasteiger partial charge < -0.3 is 41.4 Å². The number of ether oxygens (including phenoxy) is 2. The van der Waals surface area contributed by atoms with Crippen molar-refractivity contribution >= 4 is 29.6 Å². The molecule has 262 valence electrons. The second-order valence-corrected chi connectivity index (χ2v) is 10.0. The predicted molar refractivity (Wildman–Crippen MR) is 153 cm³/mol. The van der Waals surface area contributed by atoms with Crippen molar-refractivity contribution in [1.82, 2.24) is 20.9 Å². The van der Waals surface area contributed by atoms with E-state index in [2.05, 4.69) is 20.9 Å². The van der Waals surface area contributed by atoms with E-state index in [4.69, 9.17) is 35.0 Å². The molecule has 0 bridgehead atoms. The lowest BCUT2D eigenvalue weighted by Crippen LogP contribution is -2.50. The highest BCUT2D eigenvalue weighted by molar-refractivity contribution is 5.89. The van der Waals surface area contributed by atoms with E-state index in [0.29, 0.717) is 24.7 Å². The number of carbonyl (C=O) groups is 4. The maximum absolute atomic E-state index is 12.7. The number of hydrogen-bond donors (Lipinski definition) is 6. The first kappa shape index (κ1) is 40.2. The van der Waals surface area contributed by atoms with Crippen molar-refractivity contribution < 1.29 is 65.2 Å². The van der Waals surface area contributed by atoms with Gasteiger partial charge in [0.05, 0.1) is 20.3 Å². The van der Waals surface area contributed by atoms with Gasteiger partial charge in [0.1, 0.15) is 23.4 Å². The molecule has 7 N–H and O–H groups in total. The van der Waals surface area contributed by atoms with Gasteiger partial charge in [0.25, 0.3) is 0 Å². The summed E-state index contributed by atoms with van der Waals surface area (Å²) in [7, 11) is 3.25. The Labute approximate surface area is 264 Å². The lowest BCUT2D eigenvalue weighted by Gasteiger charge is -2.17. The number of halogens is 6. The van der Waals surface area contributed by atoms with Crippen molar-refractivity contribution in [2.24, 2.45) is 5.92 Å². The number of nitrogens with one attached hydrogen (secondary N) is 3. The van der Waals surface area contributed by atoms with Gasteiger partial charge in [-0.3, -0.25) is 9.59 Å². The molecule has 3 atom stereocenters. The molecule has 1 saturated heterocycles. The molecule has 1 aromatic heterocycles. The van der Waals surface area contributed by atoms with Crippen molar-refractivity contribution in [3.05, 3.63) is 47.2 Å². The normalized spacial score (nSPS) is 16.3. The largest absolute Gasteiger partial charge is 0.497 e. The van der Waals surface area contributed by atoms with Gasteiger partial charge >= 0.3 is 24.3 Å². The lowest BCUT2D eigenvalue weighted by atomic mass is 9.96. The summed E-state index contributed by atoms with van der Waals surface area (Å²) in [6.07, 6.45) is -8.68. The van der Waals surface area contributed by atoms with Crippen molar-refractivity contribution in [2.75, 3.05) is 26.5 Å². The van der Waals surface area contributed by atoms with E-state index < -0.39 is 30.3 Å². The fourth-order valence-corrected chi connectivity index (χ4v) is 3.99. The number of aryl methyl sites for hydroxylation is 1. The second-order valence-electron chi connectivity index (χ2n) is 10.0. The van der Waals surface area contributed by atoms with Crippen LogP contribution >= 0.6 is 0 Å². The molecule has 13 nitrogen and oxygen atoms in total. The monoisotopic (exact) mass is 683 g/mol. The molecule has 2 heterocycles. The average molecular weight is 684 g/mol. The van der Waals surface area contributed by atoms with Crippen LogP contribution in [0, 0.1) is 12.8 Å². The zero-order chi connectivity index (χ0) is 36.1. The van der Waals surface area contributed by atoms with Crippen LogP contribution in [0.15, 0.2) is 30.3 Å². The Hall–Kier alpha value is -4.81. The van der Waals surface area contributed by atoms with Crippen LogP contribution in [-0.2, 0) is 32.1 Å². The van der Waals surface area contributed by atoms with Crippen molar-refractivity contribution in [2.45, 2.75) is 57.7 Å². The van der Waals surface area contributed by atoms with Crippen LogP contribution in [0.25, 0.3) is 0 Å². The molecule has 19 heteroatoms. The van der Waals surface area contributed by atoms with Gasteiger partial charge in [0.2, 0.25) is 11.8 Å². The Morgan fingerprint density at radius 1 is 1.00 bits per heavy atom. The lowest BCUT2D eigenvalue weighted by molar-refractivity contribution is -0.193. The molecule has 3 rings (SSSR count). The molecule has 1 aromatic carbocycles. The number of nitrogens with two attached hydrogens (primary N) is 1. The third-order valence-corrected chi connectivity index (χ3v) is 6.38. The van der Waals surface area contributed by atoms with E-state index in [1.165, 1.54) is 0 Å². The molecule has 0 spiro atoms. The fourth-order valence-electron chi connectivity index (χ4n) is 3.99. The molecule has 1 fully saturated rings. The smallest absolute Gasteiger partial charge is 0.490 e. The van der Waals surface area contributed by atoms with Crippen LogP contribution in [-0.4, -0.2) is 84.2 Å². The van der Waals surface area contributed by atoms with E-state index in [1.807, 2.05) is 31.2 Å². The van der Waals surface area contributed by atoms with E-state index in [1.54, 1.807) is 27.2 Å². The molecule has 2 aromatic rings. The summed E-state index contributed by atoms with van der Waals surface area (Å²) >= 11 is 0. The number of nitrogens with zero attached hydrogens (tertiary/aromatic N) is 1. The van der Waals surface area contributed by atoms with Crippen LogP contribution < -0.4 is 31.2 Å². The number of carboxylic acids is 2. The minimum absolute atomic E-state index is 0.172. The van der Waals surface area contributed by atoms with E-state index in [0.717, 1.165) is 41.3 Å². The first-order valence-corrected chi connectivity index (χ1v) is 13.5. The molecule has 0 saturated carbocycles. The molecular formula is C28H35F6N5O8. The molecule has 1 aliphatic rings. The van der Waals surface area contributed by atoms with E-state index in [9.17, 15) is 35.9 Å². The van der Waals surface area contributed by atoms with Gasteiger partial charge in [-0.15, -0.1) is 0 Å². The topological polar surface area (TPSA) is 202 Å². The molecule has 0 radical (unpaired) electrons. The number of anilines is 1. The molecule has 2 amide bonds. The van der Waals surface area contributed by atoms with E-state index >= 15 is 0 Å². The number of nitrogen functional groups attached to an aromatic ring is 1. The zero-order valence-electron chi connectivity index (χ0n) is 25.6. The third kappa shape index (κ3) is 14.4. The SMILES string of the molecule is COc1cc(C[C@@H]2CN[C@@H](C(=O)N[C@@H](C)C(=O)NCc3ccc(N)nc3C)C2)cc(OC)c1.O=C(O)C(F)(F)F.O=C(O)C(F)(F)F. The van der Waals surface area contributed by atoms with Crippen LogP contribution in [0.1, 0.15) is 30.2 Å². The highest BCUT2D eigenvalue weighted by Crippen LogP contribution is 2.27. The number of benzene rings is 1. The van der Waals surface area contributed by atoms with Gasteiger partial charge in [-0.25, -0.2) is 14.6 Å². The van der Waals surface area contributed by atoms with Crippen LogP contribution in [0.5, 0.6) is 11.5 Å². The first-order valence-electron chi connectivity index (χ1n) is 13.5. The number of aromatic nitrogens is 1. The van der Waals surface area contributed by atoms with E-state index in [-0.39, 0.29) is 17.9 Å². The maximum atomic E-state index is 12.7. The summed E-state index contributed by atoms with van der Waals surface area (Å²) in [4.78, 5) is 47.1. The number of pyridine rings is 1. The zero-order valence-corrected chi connectivity index (χ0v) is 25.6. The molecule has 1 aliphatic heterocycles. The summed E-state index contributed by atoms with van der Waals surface area (Å²) < 4.78 is 74.2. The van der Waals surface area contributed by atoms with Gasteiger partial charge in [0.15, 0.2) is 0 Å². The highest BCUT2D eigenvalue weighted by atomic mass is 19.4. The summed E-state index contributed by atoms with van der Waals surface area (Å²) in [5.74, 6) is -3.71. The quantitative estimate of drug-likeness (QED) is 0.212. The number of methoxy groups -OCH3 is 2. The van der Waals surface area contributed by atoms with Gasteiger partial charge in [-0.05, 0) is 68.5 Å². The number of alkyl halides is 6. The Morgan fingerprint density at radius 3 is 1.96 bits per heavy atom. The molecule has 0 unspecified atom stereocenters. The minimum Gasteiger partial charge on any atom is -0.497 e. The van der Waals surface area contributed by atoms with Crippen LogP contribution in [0.2, 0.25) is 0 Å². The average Bonchev–Trinajstić information content (AvgIpc) is 3.44. The Kier molecular flexibility index (Phi) is 15.2. The van der Waals surface area contributed by atoms with Crippen molar-refractivity contribution in [3.8, 4) is 11.5 Å². The van der Waals surface area contributed by atoms with Crippen LogP contribution in [0.3, 0.4) is 0 Å². The summed E-state index contributed by atoms with van der Waals surface area (Å²) in [6, 6.07) is 8.36. The second kappa shape index (κ2) is 17.8. The van der Waals surface area contributed by atoms with Crippen molar-refractivity contribution in [3.63, 3.8) is 0 Å². The van der Waals surface area contributed by atoms with Crippen molar-refractivity contribution in [1.29, 1.82) is 0 Å². The Morgan fingerprint density at radius 2 is 1.51 bits per heavy atom. The summed E-state index contributed by atoms with van der Waals surface area (Å²) in [6.45, 7) is 4.57. The number of hydrogen-bond acceptors (Lipinski definition) is 9. The Bertz CT molecular complexity index is 1340. The fraction of sp³-hybridized carbons (Fsp3) is 0.464. The summed E-state index contributed by atoms with van der Waals surface area (Å²) in [5.41, 5.74) is 8.40. The predicted octanol–water partition coefficient (Wildman–Crippen LogP) is 2.60. The maximum Gasteiger partial charge on any atom is 0.490 e. The number of aliphatic carboxylic acids is 2. The molecular weight excluding hydrogens is 648 g/mol. The number of rotatable bonds is 9. The first-order chi connectivity index (χ1) is 21.7. The van der Waals surface area contributed by atoms with Gasteiger partial charge in [-0.2, -0.15) is 26.3 Å². The standard InChI is InChI=1S/C24H33N5O4.2C2HF3O2/c1-14-18(5-6-22(25)28-14)13-27-23(30)15(2)29-24(31)21-10-17(12-26-21)7-16-8-19(32-3)11-20(9-16)33-4;2*3-2(4,5)1(6)7/h5-6,8-9,11,15,17,21,26H,7,10,12-13H2,1-4H3,(H2,25,28)(H,27,30)(H,29,31);2*(H,6,7)/t15-,17-,21+;;/m0../s1. The summed E-state index contributed by atoms with van der Waals surface area (Å²) in [5, 5.41) is 23.2. The third-order valence-electron chi connectivity index (χ3n) is 6.38. The van der Waals surface area contributed by atoms with Crippen LogP contribution in [0.4, 0.5) is 32.2 Å². The number of carboxylic acid groups (broad SMARTS) is 2. The molecule has 47 heavy (non-hydrogen) atoms. The van der Waals surface area contributed by atoms with Gasteiger partial charge in [0, 0.05) is 18.3 Å². The Balaban J connectivity index is 0.000000658. The van der Waals surface area contributed by atoms with Gasteiger partial charge in [-0.1, -0.05) is 6.07 Å². The number of amides is 2. The molecule has 0 aliphatic carbocycles.